The van der Waals surface area contributed by atoms with Gasteiger partial charge in [0.1, 0.15) is 23.8 Å². The zero-order chi connectivity index (χ0) is 13.9. The predicted octanol–water partition coefficient (Wildman–Crippen LogP) is 3.61. The minimum Gasteiger partial charge on any atom is -0.356 e. The molecule has 1 saturated heterocycles. The Hall–Kier alpha value is -1.88. The Bertz CT molecular complexity index is 614. The van der Waals surface area contributed by atoms with Gasteiger partial charge >= 0.3 is 0 Å². The molecule has 0 bridgehead atoms. The molecule has 20 heavy (non-hydrogen) atoms. The lowest BCUT2D eigenvalue weighted by atomic mass is 10.3. The van der Waals surface area contributed by atoms with Gasteiger partial charge in [0, 0.05) is 24.2 Å². The van der Waals surface area contributed by atoms with Crippen molar-refractivity contribution in [1.82, 2.24) is 9.97 Å². The van der Waals surface area contributed by atoms with Crippen molar-refractivity contribution in [2.24, 2.45) is 0 Å². The van der Waals surface area contributed by atoms with Crippen LogP contribution in [0.5, 0.6) is 0 Å². The lowest BCUT2D eigenvalue weighted by molar-refractivity contribution is 0.632. The number of rotatable bonds is 3. The van der Waals surface area contributed by atoms with E-state index >= 15 is 0 Å². The second-order valence-electron chi connectivity index (χ2n) is 4.70. The van der Waals surface area contributed by atoms with Crippen molar-refractivity contribution in [2.45, 2.75) is 12.8 Å². The van der Waals surface area contributed by atoms with Gasteiger partial charge in [0.25, 0.3) is 0 Å². The summed E-state index contributed by atoms with van der Waals surface area (Å²) < 4.78 is 13.7. The van der Waals surface area contributed by atoms with Crippen LogP contribution in [0.1, 0.15) is 12.8 Å². The van der Waals surface area contributed by atoms with Crippen molar-refractivity contribution < 1.29 is 4.39 Å². The van der Waals surface area contributed by atoms with E-state index in [0.29, 0.717) is 16.5 Å². The highest BCUT2D eigenvalue weighted by molar-refractivity contribution is 6.30. The van der Waals surface area contributed by atoms with Gasteiger partial charge in [-0.15, -0.1) is 0 Å². The van der Waals surface area contributed by atoms with Gasteiger partial charge in [-0.25, -0.2) is 14.4 Å². The van der Waals surface area contributed by atoms with Crippen LogP contribution in [0.2, 0.25) is 5.02 Å². The summed E-state index contributed by atoms with van der Waals surface area (Å²) in [6.07, 6.45) is 3.85. The van der Waals surface area contributed by atoms with Crippen molar-refractivity contribution in [2.75, 3.05) is 23.3 Å². The van der Waals surface area contributed by atoms with E-state index in [1.807, 2.05) is 6.07 Å². The topological polar surface area (TPSA) is 41.0 Å². The first-order chi connectivity index (χ1) is 9.72. The molecular formula is C14H14ClFN4. The average Bonchev–Trinajstić information content (AvgIpc) is 2.96. The second-order valence-corrected chi connectivity index (χ2v) is 5.14. The Balaban J connectivity index is 1.81. The van der Waals surface area contributed by atoms with E-state index in [-0.39, 0.29) is 0 Å². The Morgan fingerprint density at radius 1 is 1.15 bits per heavy atom. The maximum atomic E-state index is 13.7. The summed E-state index contributed by atoms with van der Waals surface area (Å²) in [5.41, 5.74) is 0.348. The molecule has 1 aromatic carbocycles. The number of nitrogens with one attached hydrogen (secondary N) is 1. The van der Waals surface area contributed by atoms with Crippen LogP contribution >= 0.6 is 11.6 Å². The summed E-state index contributed by atoms with van der Waals surface area (Å²) in [5.74, 6) is 1.04. The van der Waals surface area contributed by atoms with Gasteiger partial charge < -0.3 is 10.2 Å². The summed E-state index contributed by atoms with van der Waals surface area (Å²) in [6.45, 7) is 2.01. The number of hydrogen-bond donors (Lipinski definition) is 1. The largest absolute Gasteiger partial charge is 0.356 e. The highest BCUT2D eigenvalue weighted by Gasteiger charge is 2.14. The van der Waals surface area contributed by atoms with E-state index < -0.39 is 5.82 Å². The lowest BCUT2D eigenvalue weighted by Gasteiger charge is -2.16. The van der Waals surface area contributed by atoms with Gasteiger partial charge in [-0.2, -0.15) is 0 Å². The quantitative estimate of drug-likeness (QED) is 0.938. The molecular weight excluding hydrogens is 279 g/mol. The molecule has 0 amide bonds. The molecule has 3 rings (SSSR count). The third-order valence-corrected chi connectivity index (χ3v) is 3.51. The van der Waals surface area contributed by atoms with Gasteiger partial charge in [0.15, 0.2) is 0 Å². The first-order valence-electron chi connectivity index (χ1n) is 6.51. The molecule has 6 heteroatoms. The fourth-order valence-electron chi connectivity index (χ4n) is 2.26. The van der Waals surface area contributed by atoms with Crippen molar-refractivity contribution in [3.63, 3.8) is 0 Å². The lowest BCUT2D eigenvalue weighted by Crippen LogP contribution is -2.19. The fraction of sp³-hybridized carbons (Fsp3) is 0.286. The van der Waals surface area contributed by atoms with Gasteiger partial charge in [-0.3, -0.25) is 0 Å². The molecule has 0 saturated carbocycles. The van der Waals surface area contributed by atoms with Crippen LogP contribution in [-0.2, 0) is 0 Å². The Kier molecular flexibility index (Phi) is 3.69. The average molecular weight is 293 g/mol. The van der Waals surface area contributed by atoms with Gasteiger partial charge in [-0.1, -0.05) is 11.6 Å². The van der Waals surface area contributed by atoms with E-state index in [9.17, 15) is 4.39 Å². The van der Waals surface area contributed by atoms with Gasteiger partial charge in [0.05, 0.1) is 5.69 Å². The Labute approximate surface area is 121 Å². The molecule has 0 aliphatic carbocycles. The van der Waals surface area contributed by atoms with Gasteiger partial charge in [-0.05, 0) is 31.0 Å². The third-order valence-electron chi connectivity index (χ3n) is 3.28. The number of nitrogens with zero attached hydrogens (tertiary/aromatic N) is 3. The number of anilines is 3. The first kappa shape index (κ1) is 13.1. The van der Waals surface area contributed by atoms with Crippen LogP contribution in [0.3, 0.4) is 0 Å². The third kappa shape index (κ3) is 2.82. The van der Waals surface area contributed by atoms with Crippen LogP contribution < -0.4 is 10.2 Å². The van der Waals surface area contributed by atoms with Gasteiger partial charge in [0.2, 0.25) is 0 Å². The maximum Gasteiger partial charge on any atom is 0.148 e. The molecule has 0 radical (unpaired) electrons. The van der Waals surface area contributed by atoms with Crippen molar-refractivity contribution in [3.05, 3.63) is 41.4 Å². The molecule has 2 heterocycles. The molecule has 4 nitrogen and oxygen atoms in total. The minimum absolute atomic E-state index is 0.348. The summed E-state index contributed by atoms with van der Waals surface area (Å²) >= 11 is 5.73. The predicted molar refractivity (Wildman–Crippen MR) is 78.2 cm³/mol. The summed E-state index contributed by atoms with van der Waals surface area (Å²) in [4.78, 5) is 10.6. The number of benzene rings is 1. The second kappa shape index (κ2) is 5.63. The fourth-order valence-corrected chi connectivity index (χ4v) is 2.42. The zero-order valence-electron chi connectivity index (χ0n) is 10.8. The molecule has 104 valence electrons. The summed E-state index contributed by atoms with van der Waals surface area (Å²) in [6, 6.07) is 6.33. The molecule has 1 fully saturated rings. The highest BCUT2D eigenvalue weighted by Crippen LogP contribution is 2.24. The van der Waals surface area contributed by atoms with E-state index in [0.717, 1.165) is 18.9 Å². The van der Waals surface area contributed by atoms with Crippen LogP contribution in [0.4, 0.5) is 21.7 Å². The molecule has 0 unspecified atom stereocenters. The van der Waals surface area contributed by atoms with E-state index in [4.69, 9.17) is 11.6 Å². The molecule has 1 N–H and O–H groups in total. The Morgan fingerprint density at radius 3 is 2.70 bits per heavy atom. The minimum atomic E-state index is -0.404. The molecule has 2 aromatic rings. The van der Waals surface area contributed by atoms with Crippen LogP contribution in [0.25, 0.3) is 0 Å². The maximum absolute atomic E-state index is 13.7. The summed E-state index contributed by atoms with van der Waals surface area (Å²) in [5, 5.41) is 3.32. The Morgan fingerprint density at radius 2 is 1.95 bits per heavy atom. The van der Waals surface area contributed by atoms with Crippen molar-refractivity contribution >= 4 is 28.9 Å². The van der Waals surface area contributed by atoms with Crippen LogP contribution in [-0.4, -0.2) is 23.1 Å². The summed E-state index contributed by atoms with van der Waals surface area (Å²) in [7, 11) is 0. The molecule has 1 aliphatic heterocycles. The van der Waals surface area contributed by atoms with E-state index in [1.54, 1.807) is 12.1 Å². The standard InChI is InChI=1S/C14H14ClFN4/c15-10-3-4-12(11(16)7-10)19-13-8-14(18-9-17-13)20-5-1-2-6-20/h3-4,7-9H,1-2,5-6H2,(H,17,18,19). The number of aromatic nitrogens is 2. The van der Waals surface area contributed by atoms with Crippen molar-refractivity contribution in [1.29, 1.82) is 0 Å². The first-order valence-corrected chi connectivity index (χ1v) is 6.89. The van der Waals surface area contributed by atoms with E-state index in [1.165, 1.54) is 25.2 Å². The number of hydrogen-bond acceptors (Lipinski definition) is 4. The molecule has 0 atom stereocenters. The normalized spacial score (nSPS) is 14.6. The highest BCUT2D eigenvalue weighted by atomic mass is 35.5. The molecule has 1 aromatic heterocycles. The number of halogens is 2. The van der Waals surface area contributed by atoms with E-state index in [2.05, 4.69) is 20.2 Å². The zero-order valence-corrected chi connectivity index (χ0v) is 11.6. The molecule has 1 aliphatic rings. The molecule has 0 spiro atoms. The monoisotopic (exact) mass is 292 g/mol. The van der Waals surface area contributed by atoms with Crippen molar-refractivity contribution in [3.8, 4) is 0 Å². The van der Waals surface area contributed by atoms with Crippen LogP contribution in [0, 0.1) is 5.82 Å². The SMILES string of the molecule is Fc1cc(Cl)ccc1Nc1cc(N2CCCC2)ncn1. The smallest absolute Gasteiger partial charge is 0.148 e. The van der Waals surface area contributed by atoms with Crippen LogP contribution in [0.15, 0.2) is 30.6 Å².